The molecule has 4 aromatic rings. The van der Waals surface area contributed by atoms with E-state index in [1.807, 2.05) is 50.2 Å². The normalized spacial score (nSPS) is 11.4. The molecule has 0 spiro atoms. The van der Waals surface area contributed by atoms with E-state index in [4.69, 9.17) is 14.2 Å². The predicted octanol–water partition coefficient (Wildman–Crippen LogP) is 5.62. The van der Waals surface area contributed by atoms with Crippen LogP contribution in [-0.4, -0.2) is 53.8 Å². The van der Waals surface area contributed by atoms with Gasteiger partial charge in [-0.1, -0.05) is 48.2 Å². The summed E-state index contributed by atoms with van der Waals surface area (Å²) in [6, 6.07) is 22.7. The van der Waals surface area contributed by atoms with Gasteiger partial charge in [0.1, 0.15) is 11.8 Å². The minimum atomic E-state index is -1.000. The second kappa shape index (κ2) is 14.4. The van der Waals surface area contributed by atoms with Gasteiger partial charge >= 0.3 is 0 Å². The first-order valence-corrected chi connectivity index (χ1v) is 14.2. The molecule has 10 heteroatoms. The number of hydrogen-bond acceptors (Lipinski definition) is 8. The van der Waals surface area contributed by atoms with Gasteiger partial charge in [0, 0.05) is 23.6 Å². The van der Waals surface area contributed by atoms with E-state index in [0.29, 0.717) is 33.7 Å². The van der Waals surface area contributed by atoms with Gasteiger partial charge in [0.15, 0.2) is 16.7 Å². The molecule has 3 aromatic carbocycles. The van der Waals surface area contributed by atoms with Crippen LogP contribution in [0.5, 0.6) is 17.2 Å². The van der Waals surface area contributed by atoms with Crippen molar-refractivity contribution in [1.82, 2.24) is 14.9 Å². The molecule has 0 aliphatic heterocycles. The van der Waals surface area contributed by atoms with Crippen molar-refractivity contribution >= 4 is 29.3 Å². The number of carbonyl (C=O) groups excluding carboxylic acids is 2. The molecular formula is C32H34N4O5S. The molecule has 1 N–H and O–H groups in total. The second-order valence-corrected chi connectivity index (χ2v) is 10.4. The third kappa shape index (κ3) is 7.79. The highest BCUT2D eigenvalue weighted by Crippen LogP contribution is 2.34. The summed E-state index contributed by atoms with van der Waals surface area (Å²) in [6.45, 7) is 3.97. The molecule has 0 saturated heterocycles. The quantitative estimate of drug-likeness (QED) is 0.169. The van der Waals surface area contributed by atoms with Crippen LogP contribution in [0.2, 0.25) is 0 Å². The Balaban J connectivity index is 1.74. The fraction of sp³-hybridized carbons (Fsp3) is 0.250. The lowest BCUT2D eigenvalue weighted by molar-refractivity contribution is -0.137. The third-order valence-electron chi connectivity index (χ3n) is 6.44. The van der Waals surface area contributed by atoms with Crippen LogP contribution in [0.25, 0.3) is 0 Å². The van der Waals surface area contributed by atoms with Crippen molar-refractivity contribution in [3.05, 3.63) is 101 Å². The third-order valence-corrected chi connectivity index (χ3v) is 7.28. The maximum absolute atomic E-state index is 14.1. The Morgan fingerprint density at radius 3 is 2.12 bits per heavy atom. The molecule has 0 radical (unpaired) electrons. The van der Waals surface area contributed by atoms with Crippen LogP contribution < -0.4 is 19.5 Å². The van der Waals surface area contributed by atoms with Crippen LogP contribution in [0.3, 0.4) is 0 Å². The highest BCUT2D eigenvalue weighted by molar-refractivity contribution is 7.99. The molecule has 42 heavy (non-hydrogen) atoms. The van der Waals surface area contributed by atoms with E-state index in [1.165, 1.54) is 18.9 Å². The van der Waals surface area contributed by atoms with Crippen molar-refractivity contribution in [3.63, 3.8) is 0 Å². The van der Waals surface area contributed by atoms with Crippen molar-refractivity contribution in [2.45, 2.75) is 31.6 Å². The number of ether oxygens (including phenoxy) is 3. The first-order chi connectivity index (χ1) is 20.3. The molecule has 1 unspecified atom stereocenters. The molecule has 2 amide bonds. The average molecular weight is 587 g/mol. The lowest BCUT2D eigenvalue weighted by Crippen LogP contribution is -2.41. The molecule has 218 valence electrons. The van der Waals surface area contributed by atoms with E-state index in [1.54, 1.807) is 61.6 Å². The second-order valence-electron chi connectivity index (χ2n) is 9.46. The Hall–Kier alpha value is -4.57. The zero-order chi connectivity index (χ0) is 30.1. The molecule has 9 nitrogen and oxygen atoms in total. The fourth-order valence-corrected chi connectivity index (χ4v) is 5.29. The van der Waals surface area contributed by atoms with Crippen LogP contribution in [0.15, 0.2) is 84.0 Å². The highest BCUT2D eigenvalue weighted by atomic mass is 32.2. The summed E-state index contributed by atoms with van der Waals surface area (Å²) in [5.41, 5.74) is 3.65. The van der Waals surface area contributed by atoms with Crippen LogP contribution in [0, 0.1) is 13.8 Å². The molecule has 1 heterocycles. The number of anilines is 1. The Bertz CT molecular complexity index is 1500. The molecule has 0 aliphatic carbocycles. The SMILES string of the molecule is COc1ccc(NC(=O)C(c2ccc(OC)c(OC)c2)N(Cc2ccccc2)C(=O)CSc2nc(C)cc(C)n2)cc1. The molecule has 0 saturated carbocycles. The van der Waals surface area contributed by atoms with Crippen LogP contribution in [-0.2, 0) is 16.1 Å². The Morgan fingerprint density at radius 1 is 0.833 bits per heavy atom. The number of carbonyl (C=O) groups is 2. The van der Waals surface area contributed by atoms with Gasteiger partial charge < -0.3 is 24.4 Å². The Morgan fingerprint density at radius 2 is 1.50 bits per heavy atom. The van der Waals surface area contributed by atoms with Crippen molar-refractivity contribution in [2.75, 3.05) is 32.4 Å². The molecule has 1 atom stereocenters. The number of amides is 2. The number of hydrogen-bond donors (Lipinski definition) is 1. The van der Waals surface area contributed by atoms with Crippen LogP contribution >= 0.6 is 11.8 Å². The van der Waals surface area contributed by atoms with E-state index >= 15 is 0 Å². The zero-order valence-corrected chi connectivity index (χ0v) is 25.1. The minimum absolute atomic E-state index is 0.0370. The largest absolute Gasteiger partial charge is 0.497 e. The van der Waals surface area contributed by atoms with Gasteiger partial charge in [-0.05, 0) is 67.4 Å². The van der Waals surface area contributed by atoms with Gasteiger partial charge in [0.2, 0.25) is 5.91 Å². The predicted molar refractivity (Wildman–Crippen MR) is 163 cm³/mol. The van der Waals surface area contributed by atoms with Crippen molar-refractivity contribution in [2.24, 2.45) is 0 Å². The van der Waals surface area contributed by atoms with E-state index in [0.717, 1.165) is 17.0 Å². The van der Waals surface area contributed by atoms with E-state index in [2.05, 4.69) is 15.3 Å². The summed E-state index contributed by atoms with van der Waals surface area (Å²) in [6.07, 6.45) is 0. The van der Waals surface area contributed by atoms with Gasteiger partial charge in [-0.3, -0.25) is 9.59 Å². The highest BCUT2D eigenvalue weighted by Gasteiger charge is 2.33. The minimum Gasteiger partial charge on any atom is -0.497 e. The van der Waals surface area contributed by atoms with Gasteiger partial charge in [-0.15, -0.1) is 0 Å². The standard InChI is InChI=1S/C32H34N4O5S/c1-21-17-22(2)34-32(33-21)42-20-29(37)36(19-23-9-7-6-8-10-23)30(24-11-16-27(40-4)28(18-24)41-5)31(38)35-25-12-14-26(39-3)15-13-25/h6-18,30H,19-20H2,1-5H3,(H,35,38). The number of benzene rings is 3. The van der Waals surface area contributed by atoms with Crippen LogP contribution in [0.1, 0.15) is 28.6 Å². The lowest BCUT2D eigenvalue weighted by atomic mass is 10.0. The Labute approximate surface area is 250 Å². The van der Waals surface area contributed by atoms with Gasteiger partial charge in [-0.25, -0.2) is 9.97 Å². The first-order valence-electron chi connectivity index (χ1n) is 13.3. The molecule has 4 rings (SSSR count). The van der Waals surface area contributed by atoms with Crippen molar-refractivity contribution in [1.29, 1.82) is 0 Å². The average Bonchev–Trinajstić information content (AvgIpc) is 2.99. The number of aryl methyl sites for hydroxylation is 2. The van der Waals surface area contributed by atoms with Crippen LogP contribution in [0.4, 0.5) is 5.69 Å². The molecular weight excluding hydrogens is 552 g/mol. The number of aromatic nitrogens is 2. The van der Waals surface area contributed by atoms with E-state index in [9.17, 15) is 9.59 Å². The first kappa shape index (κ1) is 30.4. The summed E-state index contributed by atoms with van der Waals surface area (Å²) in [5, 5.41) is 3.48. The molecule has 1 aromatic heterocycles. The molecule has 0 aliphatic rings. The van der Waals surface area contributed by atoms with Crippen molar-refractivity contribution < 1.29 is 23.8 Å². The maximum Gasteiger partial charge on any atom is 0.251 e. The Kier molecular flexibility index (Phi) is 10.4. The zero-order valence-electron chi connectivity index (χ0n) is 24.3. The number of methoxy groups -OCH3 is 3. The van der Waals surface area contributed by atoms with Gasteiger partial charge in [0.05, 0.1) is 27.1 Å². The molecule has 0 fully saturated rings. The van der Waals surface area contributed by atoms with E-state index < -0.39 is 6.04 Å². The number of rotatable bonds is 12. The van der Waals surface area contributed by atoms with Crippen molar-refractivity contribution in [3.8, 4) is 17.2 Å². The summed E-state index contributed by atoms with van der Waals surface area (Å²) in [5.74, 6) is 1.02. The number of nitrogens with one attached hydrogen (secondary N) is 1. The number of thioether (sulfide) groups is 1. The monoisotopic (exact) mass is 586 g/mol. The summed E-state index contributed by atoms with van der Waals surface area (Å²) in [7, 11) is 4.65. The summed E-state index contributed by atoms with van der Waals surface area (Å²) in [4.78, 5) is 38.6. The van der Waals surface area contributed by atoms with Gasteiger partial charge in [0.25, 0.3) is 5.91 Å². The number of nitrogens with zero attached hydrogens (tertiary/aromatic N) is 3. The maximum atomic E-state index is 14.1. The fourth-order valence-electron chi connectivity index (χ4n) is 4.45. The summed E-state index contributed by atoms with van der Waals surface area (Å²) >= 11 is 1.24. The lowest BCUT2D eigenvalue weighted by Gasteiger charge is -2.32. The summed E-state index contributed by atoms with van der Waals surface area (Å²) < 4.78 is 16.2. The van der Waals surface area contributed by atoms with Gasteiger partial charge in [-0.2, -0.15) is 0 Å². The smallest absolute Gasteiger partial charge is 0.251 e. The molecule has 0 bridgehead atoms. The van der Waals surface area contributed by atoms with E-state index in [-0.39, 0.29) is 24.1 Å². The topological polar surface area (TPSA) is 103 Å².